The largest absolute Gasteiger partial charge is 0.375 e. The number of hydrogen-bond donors (Lipinski definition) is 2. The first kappa shape index (κ1) is 16.0. The summed E-state index contributed by atoms with van der Waals surface area (Å²) in [5.41, 5.74) is 2.18. The normalized spacial score (nSPS) is 10.8. The van der Waals surface area contributed by atoms with Crippen molar-refractivity contribution in [2.45, 2.75) is 6.92 Å². The summed E-state index contributed by atoms with van der Waals surface area (Å²) in [6.45, 7) is 1.85. The van der Waals surface area contributed by atoms with E-state index in [1.807, 2.05) is 25.4 Å². The van der Waals surface area contributed by atoms with Gasteiger partial charge in [-0.2, -0.15) is 5.26 Å². The van der Waals surface area contributed by atoms with Gasteiger partial charge in [-0.25, -0.2) is 4.99 Å². The lowest BCUT2D eigenvalue weighted by atomic mass is 10.1. The Labute approximate surface area is 122 Å². The van der Waals surface area contributed by atoms with E-state index >= 15 is 0 Å². The van der Waals surface area contributed by atoms with Crippen molar-refractivity contribution in [1.29, 1.82) is 5.26 Å². The zero-order valence-electron chi connectivity index (χ0n) is 11.6. The van der Waals surface area contributed by atoms with Gasteiger partial charge >= 0.3 is 0 Å². The van der Waals surface area contributed by atoms with Crippen LogP contribution >= 0.6 is 11.8 Å². The number of rotatable bonds is 4. The van der Waals surface area contributed by atoms with Gasteiger partial charge in [0.15, 0.2) is 11.4 Å². The molecule has 6 nitrogen and oxygen atoms in total. The lowest BCUT2D eigenvalue weighted by molar-refractivity contribution is -0.119. The Morgan fingerprint density at radius 3 is 2.90 bits per heavy atom. The monoisotopic (exact) mass is 292 g/mol. The van der Waals surface area contributed by atoms with E-state index in [4.69, 9.17) is 10.00 Å². The van der Waals surface area contributed by atoms with Crippen LogP contribution in [0.15, 0.2) is 23.2 Å². The fourth-order valence-corrected chi connectivity index (χ4v) is 1.82. The van der Waals surface area contributed by atoms with Crippen LogP contribution in [0.25, 0.3) is 0 Å². The number of benzene rings is 1. The standard InChI is InChI=1S/C13H16N4O2S/c1-9-10(16-12(18)7-19-2)5-4-6-11(9)17-13(20-3)15-8-14/h4-6H,7H2,1-3H3,(H,15,17)(H,16,18). The molecule has 0 saturated carbocycles. The maximum absolute atomic E-state index is 11.5. The van der Waals surface area contributed by atoms with E-state index in [1.165, 1.54) is 18.9 Å². The first-order chi connectivity index (χ1) is 9.62. The summed E-state index contributed by atoms with van der Waals surface area (Å²) < 4.78 is 4.77. The van der Waals surface area contributed by atoms with Gasteiger partial charge in [-0.1, -0.05) is 17.8 Å². The van der Waals surface area contributed by atoms with Crippen molar-refractivity contribution < 1.29 is 9.53 Å². The summed E-state index contributed by atoms with van der Waals surface area (Å²) in [4.78, 5) is 15.9. The molecular weight excluding hydrogens is 276 g/mol. The number of anilines is 1. The van der Waals surface area contributed by atoms with Crippen LogP contribution in [0.2, 0.25) is 0 Å². The highest BCUT2D eigenvalue weighted by molar-refractivity contribution is 8.13. The predicted octanol–water partition coefficient (Wildman–Crippen LogP) is 2.00. The molecule has 20 heavy (non-hydrogen) atoms. The summed E-state index contributed by atoms with van der Waals surface area (Å²) in [5, 5.41) is 14.4. The third-order valence-electron chi connectivity index (χ3n) is 2.43. The second-order valence-electron chi connectivity index (χ2n) is 3.79. The fourth-order valence-electron chi connectivity index (χ4n) is 1.48. The van der Waals surface area contributed by atoms with Crippen molar-refractivity contribution in [1.82, 2.24) is 5.32 Å². The molecule has 2 N–H and O–H groups in total. The number of thioether (sulfide) groups is 1. The average molecular weight is 292 g/mol. The average Bonchev–Trinajstić information content (AvgIpc) is 2.42. The fraction of sp³-hybridized carbons (Fsp3) is 0.308. The number of nitrogens with one attached hydrogen (secondary N) is 2. The maximum atomic E-state index is 11.5. The van der Waals surface area contributed by atoms with Crippen LogP contribution in [0, 0.1) is 18.4 Å². The Hall–Kier alpha value is -2.04. The zero-order valence-corrected chi connectivity index (χ0v) is 12.4. The van der Waals surface area contributed by atoms with Gasteiger partial charge in [-0.15, -0.1) is 0 Å². The number of amides is 1. The SMILES string of the molecule is COCC(=O)Nc1cccc(N=C(NC#N)SC)c1C. The van der Waals surface area contributed by atoms with Crippen molar-refractivity contribution in [3.8, 4) is 6.19 Å². The molecule has 1 amide bonds. The van der Waals surface area contributed by atoms with Gasteiger partial charge in [0.1, 0.15) is 6.61 Å². The quantitative estimate of drug-likeness (QED) is 0.383. The van der Waals surface area contributed by atoms with Crippen molar-refractivity contribution in [3.63, 3.8) is 0 Å². The topological polar surface area (TPSA) is 86.5 Å². The van der Waals surface area contributed by atoms with Crippen molar-refractivity contribution >= 4 is 34.2 Å². The van der Waals surface area contributed by atoms with Crippen LogP contribution in [-0.2, 0) is 9.53 Å². The predicted molar refractivity (Wildman–Crippen MR) is 81.0 cm³/mol. The van der Waals surface area contributed by atoms with Crippen LogP contribution in [-0.4, -0.2) is 31.0 Å². The van der Waals surface area contributed by atoms with Crippen molar-refractivity contribution in [2.24, 2.45) is 4.99 Å². The second kappa shape index (κ2) is 8.19. The molecule has 106 valence electrons. The molecule has 0 atom stereocenters. The molecule has 0 spiro atoms. The van der Waals surface area contributed by atoms with Gasteiger partial charge in [0.2, 0.25) is 5.91 Å². The highest BCUT2D eigenvalue weighted by Gasteiger charge is 2.07. The molecule has 7 heteroatoms. The van der Waals surface area contributed by atoms with Crippen LogP contribution in [0.5, 0.6) is 0 Å². The van der Waals surface area contributed by atoms with Gasteiger partial charge in [-0.3, -0.25) is 10.1 Å². The van der Waals surface area contributed by atoms with E-state index in [9.17, 15) is 4.79 Å². The molecule has 1 aromatic carbocycles. The van der Waals surface area contributed by atoms with Crippen molar-refractivity contribution in [3.05, 3.63) is 23.8 Å². The van der Waals surface area contributed by atoms with Gasteiger partial charge in [0.05, 0.1) is 5.69 Å². The highest BCUT2D eigenvalue weighted by atomic mass is 32.2. The van der Waals surface area contributed by atoms with E-state index < -0.39 is 0 Å². The number of hydrogen-bond acceptors (Lipinski definition) is 5. The number of carbonyl (C=O) groups is 1. The second-order valence-corrected chi connectivity index (χ2v) is 4.58. The summed E-state index contributed by atoms with van der Waals surface area (Å²) >= 11 is 1.33. The van der Waals surface area contributed by atoms with E-state index in [2.05, 4.69) is 15.6 Å². The lowest BCUT2D eigenvalue weighted by Crippen LogP contribution is -2.17. The molecule has 0 aliphatic heterocycles. The Bertz CT molecular complexity index is 552. The third-order valence-corrected chi connectivity index (χ3v) is 3.01. The Morgan fingerprint density at radius 1 is 1.55 bits per heavy atom. The summed E-state index contributed by atoms with van der Waals surface area (Å²) in [6, 6.07) is 5.40. The molecule has 0 bridgehead atoms. The lowest BCUT2D eigenvalue weighted by Gasteiger charge is -2.10. The number of amidine groups is 1. The minimum Gasteiger partial charge on any atom is -0.375 e. The molecule has 0 saturated heterocycles. The van der Waals surface area contributed by atoms with Crippen molar-refractivity contribution in [2.75, 3.05) is 25.3 Å². The molecule has 0 aromatic heterocycles. The maximum Gasteiger partial charge on any atom is 0.250 e. The molecule has 0 heterocycles. The van der Waals surface area contributed by atoms with Crippen LogP contribution in [0.1, 0.15) is 5.56 Å². The van der Waals surface area contributed by atoms with E-state index in [0.717, 1.165) is 5.56 Å². The minimum atomic E-state index is -0.225. The van der Waals surface area contributed by atoms with Gasteiger partial charge < -0.3 is 10.1 Å². The molecule has 1 rings (SSSR count). The molecule has 0 fully saturated rings. The van der Waals surface area contributed by atoms with E-state index in [1.54, 1.807) is 12.1 Å². The summed E-state index contributed by atoms with van der Waals surface area (Å²) in [7, 11) is 1.46. The molecule has 0 aliphatic carbocycles. The number of nitrogens with zero attached hydrogens (tertiary/aromatic N) is 2. The molecular formula is C13H16N4O2S. The number of carbonyl (C=O) groups excluding carboxylic acids is 1. The summed E-state index contributed by atoms with van der Waals surface area (Å²) in [6.07, 6.45) is 3.66. The Kier molecular flexibility index (Phi) is 6.56. The zero-order chi connectivity index (χ0) is 15.0. The Balaban J connectivity index is 3.01. The first-order valence-electron chi connectivity index (χ1n) is 5.78. The number of methoxy groups -OCH3 is 1. The number of aliphatic imine (C=N–C) groups is 1. The number of ether oxygens (including phenoxy) is 1. The minimum absolute atomic E-state index is 0.00101. The molecule has 0 radical (unpaired) electrons. The smallest absolute Gasteiger partial charge is 0.250 e. The Morgan fingerprint density at radius 2 is 2.30 bits per heavy atom. The van der Waals surface area contributed by atoms with Gasteiger partial charge in [0.25, 0.3) is 0 Å². The van der Waals surface area contributed by atoms with E-state index in [-0.39, 0.29) is 12.5 Å². The first-order valence-corrected chi connectivity index (χ1v) is 7.01. The number of nitriles is 1. The van der Waals surface area contributed by atoms with Gasteiger partial charge in [-0.05, 0) is 30.9 Å². The highest BCUT2D eigenvalue weighted by Crippen LogP contribution is 2.26. The van der Waals surface area contributed by atoms with Crippen LogP contribution in [0.3, 0.4) is 0 Å². The summed E-state index contributed by atoms with van der Waals surface area (Å²) in [5.74, 6) is -0.225. The van der Waals surface area contributed by atoms with Crippen LogP contribution < -0.4 is 10.6 Å². The van der Waals surface area contributed by atoms with Gasteiger partial charge in [0, 0.05) is 12.8 Å². The molecule has 1 aromatic rings. The van der Waals surface area contributed by atoms with E-state index in [0.29, 0.717) is 16.5 Å². The van der Waals surface area contributed by atoms with Crippen LogP contribution in [0.4, 0.5) is 11.4 Å². The molecule has 0 aliphatic rings. The molecule has 0 unspecified atom stereocenters. The third kappa shape index (κ3) is 4.57.